The minimum absolute atomic E-state index is 0.0717. The SMILES string of the molecule is C[C@H](NS(=O)(=O)c1ccccc1F)C(=O)NNC(=O)c1ccccn1. The van der Waals surface area contributed by atoms with Crippen molar-refractivity contribution in [1.29, 1.82) is 0 Å². The van der Waals surface area contributed by atoms with Gasteiger partial charge < -0.3 is 0 Å². The molecule has 0 radical (unpaired) electrons. The first kappa shape index (κ1) is 18.5. The third-order valence-corrected chi connectivity index (χ3v) is 4.62. The van der Waals surface area contributed by atoms with Crippen molar-refractivity contribution in [2.75, 3.05) is 0 Å². The van der Waals surface area contributed by atoms with E-state index in [4.69, 9.17) is 0 Å². The second-order valence-corrected chi connectivity index (χ2v) is 6.61. The topological polar surface area (TPSA) is 117 Å². The number of carbonyl (C=O) groups is 2. The standard InChI is InChI=1S/C15H15FN4O4S/c1-10(20-25(23,24)13-8-3-2-6-11(13)16)14(21)18-19-15(22)12-7-4-5-9-17-12/h2-10,20H,1H3,(H,18,21)(H,19,22)/t10-/m0/s1. The highest BCUT2D eigenvalue weighted by atomic mass is 32.2. The van der Waals surface area contributed by atoms with Crippen molar-refractivity contribution in [3.8, 4) is 0 Å². The van der Waals surface area contributed by atoms with Crippen molar-refractivity contribution >= 4 is 21.8 Å². The Kier molecular flexibility index (Phi) is 5.78. The van der Waals surface area contributed by atoms with Crippen molar-refractivity contribution in [2.24, 2.45) is 0 Å². The summed E-state index contributed by atoms with van der Waals surface area (Å²) in [6.45, 7) is 1.25. The highest BCUT2D eigenvalue weighted by Crippen LogP contribution is 2.13. The summed E-state index contributed by atoms with van der Waals surface area (Å²) in [4.78, 5) is 26.9. The zero-order chi connectivity index (χ0) is 18.4. The van der Waals surface area contributed by atoms with E-state index in [0.29, 0.717) is 0 Å². The molecule has 132 valence electrons. The number of amides is 2. The molecule has 0 aliphatic rings. The van der Waals surface area contributed by atoms with Gasteiger partial charge in [0.25, 0.3) is 11.8 Å². The average Bonchev–Trinajstić information content (AvgIpc) is 2.59. The van der Waals surface area contributed by atoms with Crippen LogP contribution in [0.3, 0.4) is 0 Å². The van der Waals surface area contributed by atoms with E-state index in [1.165, 1.54) is 31.3 Å². The van der Waals surface area contributed by atoms with Gasteiger partial charge in [-0.1, -0.05) is 18.2 Å². The van der Waals surface area contributed by atoms with Crippen LogP contribution in [-0.4, -0.2) is 31.3 Å². The van der Waals surface area contributed by atoms with Gasteiger partial charge in [-0.2, -0.15) is 4.72 Å². The van der Waals surface area contributed by atoms with Crippen molar-refractivity contribution in [1.82, 2.24) is 20.6 Å². The maximum atomic E-state index is 13.6. The number of hydrogen-bond acceptors (Lipinski definition) is 5. The van der Waals surface area contributed by atoms with Gasteiger partial charge in [-0.05, 0) is 31.2 Å². The molecule has 3 N–H and O–H groups in total. The minimum Gasteiger partial charge on any atom is -0.271 e. The zero-order valence-corrected chi connectivity index (χ0v) is 13.9. The number of aromatic nitrogens is 1. The molecule has 0 saturated carbocycles. The lowest BCUT2D eigenvalue weighted by atomic mass is 10.3. The number of rotatable bonds is 5. The van der Waals surface area contributed by atoms with Crippen molar-refractivity contribution in [2.45, 2.75) is 17.9 Å². The molecule has 1 heterocycles. The predicted molar refractivity (Wildman–Crippen MR) is 86.0 cm³/mol. The Labute approximate surface area is 143 Å². The molecule has 0 spiro atoms. The highest BCUT2D eigenvalue weighted by Gasteiger charge is 2.24. The molecule has 0 aliphatic heterocycles. The average molecular weight is 366 g/mol. The van der Waals surface area contributed by atoms with Gasteiger partial charge in [0.2, 0.25) is 10.0 Å². The Morgan fingerprint density at radius 3 is 2.40 bits per heavy atom. The molecule has 0 bridgehead atoms. The number of carbonyl (C=O) groups excluding carboxylic acids is 2. The van der Waals surface area contributed by atoms with Crippen LogP contribution in [0.2, 0.25) is 0 Å². The maximum Gasteiger partial charge on any atom is 0.288 e. The first-order valence-electron chi connectivity index (χ1n) is 7.09. The zero-order valence-electron chi connectivity index (χ0n) is 13.1. The summed E-state index contributed by atoms with van der Waals surface area (Å²) in [7, 11) is -4.24. The van der Waals surface area contributed by atoms with Gasteiger partial charge in [-0.3, -0.25) is 25.4 Å². The number of sulfonamides is 1. The monoisotopic (exact) mass is 366 g/mol. The third-order valence-electron chi connectivity index (χ3n) is 3.05. The molecule has 2 rings (SSSR count). The molecule has 10 heteroatoms. The van der Waals surface area contributed by atoms with Crippen LogP contribution < -0.4 is 15.6 Å². The van der Waals surface area contributed by atoms with E-state index in [0.717, 1.165) is 12.1 Å². The number of hydrogen-bond donors (Lipinski definition) is 3. The number of benzene rings is 1. The summed E-state index contributed by atoms with van der Waals surface area (Å²) in [6.07, 6.45) is 1.40. The minimum atomic E-state index is -4.24. The molecule has 25 heavy (non-hydrogen) atoms. The largest absolute Gasteiger partial charge is 0.288 e. The van der Waals surface area contributed by atoms with Gasteiger partial charge in [-0.15, -0.1) is 0 Å². The van der Waals surface area contributed by atoms with Gasteiger partial charge in [0, 0.05) is 6.20 Å². The lowest BCUT2D eigenvalue weighted by Gasteiger charge is -2.15. The number of nitrogens with zero attached hydrogens (tertiary/aromatic N) is 1. The van der Waals surface area contributed by atoms with Crippen LogP contribution in [0, 0.1) is 5.82 Å². The molecule has 1 atom stereocenters. The molecule has 0 fully saturated rings. The maximum absolute atomic E-state index is 13.6. The Balaban J connectivity index is 1.96. The van der Waals surface area contributed by atoms with E-state index in [9.17, 15) is 22.4 Å². The summed E-state index contributed by atoms with van der Waals surface area (Å²) < 4.78 is 39.8. The first-order valence-corrected chi connectivity index (χ1v) is 8.57. The molecule has 8 nitrogen and oxygen atoms in total. The highest BCUT2D eigenvalue weighted by molar-refractivity contribution is 7.89. The van der Waals surface area contributed by atoms with Crippen LogP contribution in [-0.2, 0) is 14.8 Å². The molecular weight excluding hydrogens is 351 g/mol. The second kappa shape index (κ2) is 7.81. The summed E-state index contributed by atoms with van der Waals surface area (Å²) in [5, 5.41) is 0. The number of pyridine rings is 1. The fourth-order valence-electron chi connectivity index (χ4n) is 1.80. The fraction of sp³-hybridized carbons (Fsp3) is 0.133. The molecule has 0 saturated heterocycles. The van der Waals surface area contributed by atoms with Gasteiger partial charge in [0.15, 0.2) is 0 Å². The normalized spacial score (nSPS) is 12.2. The van der Waals surface area contributed by atoms with Crippen LogP contribution in [0.1, 0.15) is 17.4 Å². The van der Waals surface area contributed by atoms with E-state index in [2.05, 4.69) is 15.8 Å². The summed E-state index contributed by atoms with van der Waals surface area (Å²) in [5.41, 5.74) is 4.25. The smallest absolute Gasteiger partial charge is 0.271 e. The molecule has 2 aromatic rings. The summed E-state index contributed by atoms with van der Waals surface area (Å²) in [6, 6.07) is 8.16. The van der Waals surface area contributed by atoms with Gasteiger partial charge in [0.1, 0.15) is 16.4 Å². The van der Waals surface area contributed by atoms with Crippen molar-refractivity contribution < 1.29 is 22.4 Å². The first-order chi connectivity index (χ1) is 11.8. The van der Waals surface area contributed by atoms with Crippen LogP contribution in [0.4, 0.5) is 4.39 Å². The van der Waals surface area contributed by atoms with Crippen LogP contribution in [0.5, 0.6) is 0 Å². The number of nitrogens with one attached hydrogen (secondary N) is 3. The van der Waals surface area contributed by atoms with E-state index >= 15 is 0 Å². The third kappa shape index (κ3) is 4.81. The van der Waals surface area contributed by atoms with E-state index in [1.807, 2.05) is 4.72 Å². The predicted octanol–water partition coefficient (Wildman–Crippen LogP) is 0.349. The van der Waals surface area contributed by atoms with Crippen molar-refractivity contribution in [3.05, 3.63) is 60.2 Å². The van der Waals surface area contributed by atoms with Gasteiger partial charge in [-0.25, -0.2) is 12.8 Å². The van der Waals surface area contributed by atoms with E-state index in [1.54, 1.807) is 12.1 Å². The lowest BCUT2D eigenvalue weighted by molar-refractivity contribution is -0.123. The summed E-state index contributed by atoms with van der Waals surface area (Å²) in [5.74, 6) is -2.44. The molecule has 2 amide bonds. The second-order valence-electron chi connectivity index (χ2n) is 4.93. The van der Waals surface area contributed by atoms with E-state index in [-0.39, 0.29) is 5.69 Å². The Morgan fingerprint density at radius 2 is 1.76 bits per heavy atom. The molecular formula is C15H15FN4O4S. The number of hydrazine groups is 1. The van der Waals surface area contributed by atoms with E-state index < -0.39 is 38.6 Å². The van der Waals surface area contributed by atoms with Crippen LogP contribution >= 0.6 is 0 Å². The molecule has 0 aliphatic carbocycles. The van der Waals surface area contributed by atoms with Crippen LogP contribution in [0.25, 0.3) is 0 Å². The number of halogens is 1. The Bertz CT molecular complexity index is 874. The molecule has 1 aromatic carbocycles. The van der Waals surface area contributed by atoms with Gasteiger partial charge in [0.05, 0.1) is 6.04 Å². The molecule has 1 aromatic heterocycles. The fourth-order valence-corrected chi connectivity index (χ4v) is 3.08. The summed E-state index contributed by atoms with van der Waals surface area (Å²) >= 11 is 0. The van der Waals surface area contributed by atoms with Crippen LogP contribution in [0.15, 0.2) is 53.6 Å². The Hall–Kier alpha value is -2.85. The Morgan fingerprint density at radius 1 is 1.08 bits per heavy atom. The van der Waals surface area contributed by atoms with Crippen molar-refractivity contribution in [3.63, 3.8) is 0 Å². The quantitative estimate of drug-likeness (QED) is 0.660. The lowest BCUT2D eigenvalue weighted by Crippen LogP contribution is -2.51. The molecule has 0 unspecified atom stereocenters. The van der Waals surface area contributed by atoms with Gasteiger partial charge >= 0.3 is 0 Å².